The third-order valence-corrected chi connectivity index (χ3v) is 5.76. The predicted molar refractivity (Wildman–Crippen MR) is 171 cm³/mol. The van der Waals surface area contributed by atoms with Crippen LogP contribution >= 0.6 is 0 Å². The van der Waals surface area contributed by atoms with Gasteiger partial charge >= 0.3 is 5.97 Å². The number of nitrogens with one attached hydrogen (secondary N) is 2. The van der Waals surface area contributed by atoms with Crippen molar-refractivity contribution in [2.45, 2.75) is 71.6 Å². The van der Waals surface area contributed by atoms with Crippen LogP contribution in [0, 0.1) is 0 Å². The predicted octanol–water partition coefficient (Wildman–Crippen LogP) is 5.66. The zero-order valence-electron chi connectivity index (χ0n) is 25.8. The van der Waals surface area contributed by atoms with Crippen molar-refractivity contribution >= 4 is 23.7 Å². The highest BCUT2D eigenvalue weighted by atomic mass is 16.5. The fraction of sp³-hybridized carbons (Fsp3) is 0.471. The molecule has 0 aliphatic carbocycles. The monoisotopic (exact) mass is 581 g/mol. The van der Waals surface area contributed by atoms with Crippen molar-refractivity contribution in [2.75, 3.05) is 33.3 Å². The molecule has 0 saturated heterocycles. The molecule has 232 valence electrons. The van der Waals surface area contributed by atoms with E-state index in [0.29, 0.717) is 38.9 Å². The summed E-state index contributed by atoms with van der Waals surface area (Å²) in [4.78, 5) is 48.1. The van der Waals surface area contributed by atoms with Crippen LogP contribution in [0.1, 0.15) is 71.6 Å². The third-order valence-electron chi connectivity index (χ3n) is 5.76. The number of rotatable bonds is 23. The van der Waals surface area contributed by atoms with Gasteiger partial charge in [-0.05, 0) is 51.4 Å². The van der Waals surface area contributed by atoms with E-state index in [-0.39, 0.29) is 18.4 Å². The van der Waals surface area contributed by atoms with E-state index in [4.69, 9.17) is 0 Å². The van der Waals surface area contributed by atoms with Crippen molar-refractivity contribution in [2.24, 2.45) is 0 Å². The minimum Gasteiger partial charge on any atom is -0.466 e. The molecule has 0 saturated carbocycles. The maximum Gasteiger partial charge on any atom is 0.330 e. The molecule has 0 aliphatic heterocycles. The van der Waals surface area contributed by atoms with Gasteiger partial charge in [0.05, 0.1) is 7.11 Å². The first-order valence-electron chi connectivity index (χ1n) is 14.9. The molecule has 3 amide bonds. The normalized spacial score (nSPS) is 12.2. The zero-order valence-corrected chi connectivity index (χ0v) is 25.8. The Morgan fingerprint density at radius 1 is 0.667 bits per heavy atom. The summed E-state index contributed by atoms with van der Waals surface area (Å²) in [6.45, 7) is 5.13. The van der Waals surface area contributed by atoms with Gasteiger partial charge in [0.25, 0.3) is 0 Å². The second-order valence-corrected chi connectivity index (χ2v) is 9.31. The summed E-state index contributed by atoms with van der Waals surface area (Å²) in [7, 11) is 1.23. The molecule has 2 N–H and O–H groups in total. The van der Waals surface area contributed by atoms with Crippen LogP contribution in [0.5, 0.6) is 0 Å². The van der Waals surface area contributed by atoms with Crippen molar-refractivity contribution in [3.63, 3.8) is 0 Å². The molecule has 0 heterocycles. The molecule has 0 aromatic carbocycles. The van der Waals surface area contributed by atoms with E-state index in [1.165, 1.54) is 14.0 Å². The van der Waals surface area contributed by atoms with Gasteiger partial charge in [-0.25, -0.2) is 4.79 Å². The molecule has 0 radical (unpaired) electrons. The summed E-state index contributed by atoms with van der Waals surface area (Å²) in [5.41, 5.74) is 0. The Labute approximate surface area is 253 Å². The number of nitrogens with zero attached hydrogens (tertiary/aromatic N) is 1. The van der Waals surface area contributed by atoms with Crippen molar-refractivity contribution in [1.82, 2.24) is 15.5 Å². The topological polar surface area (TPSA) is 105 Å². The molecule has 0 bridgehead atoms. The molecule has 0 atom stereocenters. The molecular formula is C34H51N3O5. The van der Waals surface area contributed by atoms with E-state index in [2.05, 4.69) is 89.1 Å². The molecule has 0 aromatic rings. The van der Waals surface area contributed by atoms with Gasteiger partial charge in [0.2, 0.25) is 17.7 Å². The number of esters is 1. The summed E-state index contributed by atoms with van der Waals surface area (Å²) in [5.74, 6) is -1.19. The minimum absolute atomic E-state index is 0.0199. The van der Waals surface area contributed by atoms with E-state index < -0.39 is 11.9 Å². The molecule has 0 fully saturated rings. The van der Waals surface area contributed by atoms with E-state index in [1.807, 2.05) is 6.08 Å². The molecule has 0 aliphatic rings. The fourth-order valence-corrected chi connectivity index (χ4v) is 3.45. The summed E-state index contributed by atoms with van der Waals surface area (Å²) in [6.07, 6.45) is 35.5. The van der Waals surface area contributed by atoms with E-state index in [9.17, 15) is 19.2 Å². The molecule has 0 unspecified atom stereocenters. The second-order valence-electron chi connectivity index (χ2n) is 9.31. The average Bonchev–Trinajstić information content (AvgIpc) is 2.98. The number of hydrogen-bond donors (Lipinski definition) is 2. The largest absolute Gasteiger partial charge is 0.466 e. The smallest absolute Gasteiger partial charge is 0.330 e. The Kier molecular flexibility index (Phi) is 25.9. The van der Waals surface area contributed by atoms with Crippen LogP contribution in [-0.2, 0) is 23.9 Å². The van der Waals surface area contributed by atoms with Gasteiger partial charge in [-0.3, -0.25) is 14.4 Å². The summed E-state index contributed by atoms with van der Waals surface area (Å²) < 4.78 is 4.42. The van der Waals surface area contributed by atoms with E-state index in [0.717, 1.165) is 50.7 Å². The summed E-state index contributed by atoms with van der Waals surface area (Å²) >= 11 is 0. The highest BCUT2D eigenvalue weighted by molar-refractivity contribution is 5.94. The number of carbonyl (C=O) groups excluding carboxylic acids is 4. The molecule has 8 nitrogen and oxygen atoms in total. The zero-order chi connectivity index (χ0) is 31.1. The van der Waals surface area contributed by atoms with Gasteiger partial charge in [-0.2, -0.15) is 0 Å². The Bertz CT molecular complexity index is 974. The Morgan fingerprint density at radius 3 is 1.69 bits per heavy atom. The number of ether oxygens (including phenoxy) is 1. The molecule has 0 rings (SSSR count). The van der Waals surface area contributed by atoms with Crippen LogP contribution in [0.2, 0.25) is 0 Å². The Morgan fingerprint density at radius 2 is 1.19 bits per heavy atom. The van der Waals surface area contributed by atoms with Gasteiger partial charge in [-0.1, -0.05) is 79.8 Å². The standard InChI is InChI=1S/C34H51N3O5/c1-4-5-6-7-8-9-10-11-12-13-14-15-16-17-18-19-20-21-22-24-32(39)35-27-23-29-37(31(2)38)30-28-36-33(40)25-26-34(41)42-3/h5-6,8-9,11-12,14-15,17-18,20-21,25-26H,4,7,10,13,16,19,22-24,27-30H2,1-3H3,(H,35,39)(H,36,40). The van der Waals surface area contributed by atoms with Crippen LogP contribution in [0.15, 0.2) is 85.1 Å². The first-order valence-corrected chi connectivity index (χ1v) is 14.9. The lowest BCUT2D eigenvalue weighted by Crippen LogP contribution is -2.38. The van der Waals surface area contributed by atoms with Crippen LogP contribution in [0.3, 0.4) is 0 Å². The summed E-state index contributed by atoms with van der Waals surface area (Å²) in [5, 5.41) is 5.48. The lowest BCUT2D eigenvalue weighted by atomic mass is 10.2. The second kappa shape index (κ2) is 28.6. The highest BCUT2D eigenvalue weighted by Gasteiger charge is 2.09. The lowest BCUT2D eigenvalue weighted by Gasteiger charge is -2.21. The first-order chi connectivity index (χ1) is 20.4. The Balaban J connectivity index is 3.87. The third kappa shape index (κ3) is 26.3. The Hall–Kier alpha value is -3.94. The number of hydrogen-bond acceptors (Lipinski definition) is 5. The van der Waals surface area contributed by atoms with Gasteiger partial charge in [0, 0.05) is 51.7 Å². The van der Waals surface area contributed by atoms with Gasteiger partial charge in [0.15, 0.2) is 0 Å². The maximum absolute atomic E-state index is 12.0. The maximum atomic E-state index is 12.0. The van der Waals surface area contributed by atoms with Crippen molar-refractivity contribution < 1.29 is 23.9 Å². The van der Waals surface area contributed by atoms with Gasteiger partial charge in [0.1, 0.15) is 0 Å². The molecule has 8 heteroatoms. The quantitative estimate of drug-likeness (QED) is 0.0701. The van der Waals surface area contributed by atoms with Crippen molar-refractivity contribution in [3.8, 4) is 0 Å². The van der Waals surface area contributed by atoms with Crippen LogP contribution < -0.4 is 10.6 Å². The van der Waals surface area contributed by atoms with Crippen LogP contribution in [-0.4, -0.2) is 61.9 Å². The minimum atomic E-state index is -0.616. The molecule has 0 aromatic heterocycles. The number of carbonyl (C=O) groups is 4. The summed E-state index contributed by atoms with van der Waals surface area (Å²) in [6, 6.07) is 0. The number of allylic oxidation sites excluding steroid dienone is 12. The van der Waals surface area contributed by atoms with Crippen LogP contribution in [0.4, 0.5) is 0 Å². The van der Waals surface area contributed by atoms with Gasteiger partial charge < -0.3 is 20.3 Å². The van der Waals surface area contributed by atoms with Crippen LogP contribution in [0.25, 0.3) is 0 Å². The SMILES string of the molecule is CCC=CCC=CCC=CCC=CCC=CCC=CCCC(=O)NCCCN(CCNC(=O)C=CC(=O)OC)C(C)=O. The molecule has 42 heavy (non-hydrogen) atoms. The lowest BCUT2D eigenvalue weighted by molar-refractivity contribution is -0.135. The average molecular weight is 582 g/mol. The van der Waals surface area contributed by atoms with Gasteiger partial charge in [-0.15, -0.1) is 0 Å². The first kappa shape index (κ1) is 38.1. The number of methoxy groups -OCH3 is 1. The number of amides is 3. The van der Waals surface area contributed by atoms with E-state index in [1.54, 1.807) is 4.90 Å². The fourth-order valence-electron chi connectivity index (χ4n) is 3.45. The molecular weight excluding hydrogens is 530 g/mol. The molecule has 0 spiro atoms. The van der Waals surface area contributed by atoms with Crippen molar-refractivity contribution in [3.05, 3.63) is 85.1 Å². The van der Waals surface area contributed by atoms with E-state index >= 15 is 0 Å². The highest BCUT2D eigenvalue weighted by Crippen LogP contribution is 1.98. The van der Waals surface area contributed by atoms with Crippen molar-refractivity contribution in [1.29, 1.82) is 0 Å².